The summed E-state index contributed by atoms with van der Waals surface area (Å²) in [4.78, 5) is 7.10. The van der Waals surface area contributed by atoms with Gasteiger partial charge in [0.05, 0.1) is 0 Å². The van der Waals surface area contributed by atoms with Crippen molar-refractivity contribution in [3.8, 4) is 5.75 Å². The van der Waals surface area contributed by atoms with Crippen LogP contribution in [0.5, 0.6) is 5.75 Å². The smallest absolute Gasteiger partial charge is 0.115 e. The second kappa shape index (κ2) is 5.97. The topological polar surface area (TPSA) is 36.4 Å². The Morgan fingerprint density at radius 1 is 1.17 bits per heavy atom. The quantitative estimate of drug-likeness (QED) is 0.939. The van der Waals surface area contributed by atoms with Gasteiger partial charge < -0.3 is 5.11 Å². The number of piperidine rings is 1. The summed E-state index contributed by atoms with van der Waals surface area (Å²) in [6, 6.07) is 14.8. The molecule has 2 atom stereocenters. The number of phenols is 1. The minimum Gasteiger partial charge on any atom is -0.508 e. The molecule has 1 aliphatic heterocycles. The van der Waals surface area contributed by atoms with Gasteiger partial charge in [-0.2, -0.15) is 0 Å². The van der Waals surface area contributed by atoms with E-state index in [0.29, 0.717) is 17.2 Å². The first-order valence-corrected chi connectivity index (χ1v) is 8.69. The minimum atomic E-state index is 0.297. The maximum atomic E-state index is 9.81. The normalized spacial score (nSPS) is 27.2. The third-order valence-electron chi connectivity index (χ3n) is 5.82. The van der Waals surface area contributed by atoms with Gasteiger partial charge in [0.15, 0.2) is 0 Å². The zero-order chi connectivity index (χ0) is 15.7. The van der Waals surface area contributed by atoms with Crippen molar-refractivity contribution in [1.29, 1.82) is 0 Å². The molecule has 1 aromatic heterocycles. The molecular weight excluding hydrogens is 284 g/mol. The van der Waals surface area contributed by atoms with Crippen LogP contribution in [0.25, 0.3) is 0 Å². The van der Waals surface area contributed by atoms with Gasteiger partial charge in [-0.15, -0.1) is 0 Å². The first-order valence-electron chi connectivity index (χ1n) is 8.69. The largest absolute Gasteiger partial charge is 0.508 e. The van der Waals surface area contributed by atoms with Gasteiger partial charge >= 0.3 is 0 Å². The predicted molar refractivity (Wildman–Crippen MR) is 91.6 cm³/mol. The molecule has 2 heterocycles. The summed E-state index contributed by atoms with van der Waals surface area (Å²) >= 11 is 0. The van der Waals surface area contributed by atoms with Crippen LogP contribution >= 0.6 is 0 Å². The monoisotopic (exact) mass is 308 g/mol. The Labute approximate surface area is 138 Å². The van der Waals surface area contributed by atoms with Gasteiger partial charge in [0, 0.05) is 30.9 Å². The average Bonchev–Trinajstić information content (AvgIpc) is 2.94. The highest BCUT2D eigenvalue weighted by atomic mass is 16.3. The van der Waals surface area contributed by atoms with Crippen LogP contribution < -0.4 is 0 Å². The van der Waals surface area contributed by atoms with E-state index in [0.717, 1.165) is 19.5 Å². The maximum absolute atomic E-state index is 9.81. The molecule has 2 bridgehead atoms. The molecule has 2 aliphatic rings. The lowest BCUT2D eigenvalue weighted by atomic mass is 9.74. The van der Waals surface area contributed by atoms with E-state index in [1.165, 1.54) is 36.9 Å². The highest BCUT2D eigenvalue weighted by Crippen LogP contribution is 2.49. The van der Waals surface area contributed by atoms with Gasteiger partial charge in [-0.3, -0.25) is 9.88 Å². The Morgan fingerprint density at radius 2 is 2.13 bits per heavy atom. The number of rotatable bonds is 4. The minimum absolute atomic E-state index is 0.297. The summed E-state index contributed by atoms with van der Waals surface area (Å²) in [5.41, 5.74) is 2.82. The van der Waals surface area contributed by atoms with Crippen molar-refractivity contribution in [2.24, 2.45) is 0 Å². The summed E-state index contributed by atoms with van der Waals surface area (Å²) in [6.45, 7) is 2.27. The van der Waals surface area contributed by atoms with E-state index >= 15 is 0 Å². The van der Waals surface area contributed by atoms with Gasteiger partial charge in [-0.25, -0.2) is 0 Å². The molecule has 1 aromatic carbocycles. The Morgan fingerprint density at radius 3 is 2.96 bits per heavy atom. The number of hydrogen-bond donors (Lipinski definition) is 1. The fraction of sp³-hybridized carbons (Fsp3) is 0.450. The highest BCUT2D eigenvalue weighted by molar-refractivity contribution is 5.35. The number of benzene rings is 1. The molecule has 0 spiro atoms. The number of hydrogen-bond acceptors (Lipinski definition) is 3. The van der Waals surface area contributed by atoms with E-state index in [-0.39, 0.29) is 0 Å². The van der Waals surface area contributed by atoms with Crippen molar-refractivity contribution in [2.45, 2.75) is 43.6 Å². The van der Waals surface area contributed by atoms with Crippen LogP contribution in [0, 0.1) is 0 Å². The molecule has 3 heteroatoms. The molecule has 0 radical (unpaired) electrons. The standard InChI is InChI=1S/C20H24N2O/c23-19-6-3-4-16(14-19)20-9-7-18(15-20)22(13-10-20)12-8-17-5-1-2-11-21-17/h1-6,11,14,18,23H,7-10,12-13,15H2. The van der Waals surface area contributed by atoms with Crippen LogP contribution in [-0.2, 0) is 11.8 Å². The van der Waals surface area contributed by atoms with Crippen LogP contribution in [0.2, 0.25) is 0 Å². The Bertz CT molecular complexity index is 672. The van der Waals surface area contributed by atoms with Crippen molar-refractivity contribution in [1.82, 2.24) is 9.88 Å². The first-order chi connectivity index (χ1) is 11.3. The van der Waals surface area contributed by atoms with Crippen LogP contribution in [0.3, 0.4) is 0 Å². The van der Waals surface area contributed by atoms with Gasteiger partial charge in [-0.05, 0) is 67.5 Å². The predicted octanol–water partition coefficient (Wildman–Crippen LogP) is 3.53. The molecule has 4 rings (SSSR count). The molecule has 3 nitrogen and oxygen atoms in total. The van der Waals surface area contributed by atoms with Gasteiger partial charge in [-0.1, -0.05) is 18.2 Å². The van der Waals surface area contributed by atoms with Crippen molar-refractivity contribution >= 4 is 0 Å². The lowest BCUT2D eigenvalue weighted by Gasteiger charge is -2.40. The molecule has 1 N–H and O–H groups in total. The lowest BCUT2D eigenvalue weighted by Crippen LogP contribution is -2.44. The summed E-state index contributed by atoms with van der Waals surface area (Å²) < 4.78 is 0. The Balaban J connectivity index is 1.43. The zero-order valence-electron chi connectivity index (χ0n) is 13.5. The zero-order valence-corrected chi connectivity index (χ0v) is 13.5. The van der Waals surface area contributed by atoms with E-state index in [9.17, 15) is 5.11 Å². The fourth-order valence-electron chi connectivity index (χ4n) is 4.52. The number of nitrogens with zero attached hydrogens (tertiary/aromatic N) is 2. The second-order valence-corrected chi connectivity index (χ2v) is 7.08. The van der Waals surface area contributed by atoms with E-state index in [2.05, 4.69) is 28.1 Å². The van der Waals surface area contributed by atoms with Gasteiger partial charge in [0.2, 0.25) is 0 Å². The summed E-state index contributed by atoms with van der Waals surface area (Å²) in [5.74, 6) is 0.401. The number of phenolic OH excluding ortho intramolecular Hbond substituents is 1. The number of likely N-dealkylation sites (tertiary alicyclic amines) is 1. The van der Waals surface area contributed by atoms with Crippen LogP contribution in [0.4, 0.5) is 0 Å². The fourth-order valence-corrected chi connectivity index (χ4v) is 4.52. The molecule has 1 saturated carbocycles. The molecule has 1 aliphatic carbocycles. The summed E-state index contributed by atoms with van der Waals surface area (Å²) in [7, 11) is 0. The number of aromatic hydroxyl groups is 1. The average molecular weight is 308 g/mol. The summed E-state index contributed by atoms with van der Waals surface area (Å²) in [5, 5.41) is 9.81. The van der Waals surface area contributed by atoms with E-state index < -0.39 is 0 Å². The lowest BCUT2D eigenvalue weighted by molar-refractivity contribution is 0.142. The number of aromatic nitrogens is 1. The van der Waals surface area contributed by atoms with Crippen molar-refractivity contribution in [3.63, 3.8) is 0 Å². The van der Waals surface area contributed by atoms with Gasteiger partial charge in [0.1, 0.15) is 5.75 Å². The van der Waals surface area contributed by atoms with Crippen LogP contribution in [0.15, 0.2) is 48.7 Å². The van der Waals surface area contributed by atoms with Crippen LogP contribution in [-0.4, -0.2) is 34.1 Å². The third-order valence-corrected chi connectivity index (χ3v) is 5.82. The molecule has 1 saturated heterocycles. The SMILES string of the molecule is Oc1cccc(C23CCC(C2)N(CCc2ccccn2)CC3)c1. The third kappa shape index (κ3) is 2.86. The van der Waals surface area contributed by atoms with E-state index in [1.807, 2.05) is 24.4 Å². The Kier molecular flexibility index (Phi) is 3.82. The van der Waals surface area contributed by atoms with Crippen molar-refractivity contribution in [2.75, 3.05) is 13.1 Å². The van der Waals surface area contributed by atoms with E-state index in [1.54, 1.807) is 6.07 Å². The second-order valence-electron chi connectivity index (χ2n) is 7.08. The maximum Gasteiger partial charge on any atom is 0.115 e. The molecule has 2 unspecified atom stereocenters. The van der Waals surface area contributed by atoms with Crippen molar-refractivity contribution < 1.29 is 5.11 Å². The highest BCUT2D eigenvalue weighted by Gasteiger charge is 2.46. The molecule has 120 valence electrons. The number of pyridine rings is 1. The molecule has 2 aromatic rings. The van der Waals surface area contributed by atoms with Gasteiger partial charge in [0.25, 0.3) is 0 Å². The molecular formula is C20H24N2O. The molecule has 0 amide bonds. The summed E-state index contributed by atoms with van der Waals surface area (Å²) in [6.07, 6.45) is 7.89. The van der Waals surface area contributed by atoms with Crippen LogP contribution in [0.1, 0.15) is 36.9 Å². The molecule has 2 fully saturated rings. The Hall–Kier alpha value is -1.87. The van der Waals surface area contributed by atoms with E-state index in [4.69, 9.17) is 0 Å². The number of fused-ring (bicyclic) bond motifs is 2. The molecule has 23 heavy (non-hydrogen) atoms. The van der Waals surface area contributed by atoms with Crippen molar-refractivity contribution in [3.05, 3.63) is 59.9 Å². The first kappa shape index (κ1) is 14.7.